The number of halogens is 2. The number of hydrogen-bond acceptors (Lipinski definition) is 2. The summed E-state index contributed by atoms with van der Waals surface area (Å²) in [6.07, 6.45) is 0. The second kappa shape index (κ2) is 3.28. The molecule has 0 spiro atoms. The van der Waals surface area contributed by atoms with Crippen molar-refractivity contribution < 1.29 is 8.78 Å². The van der Waals surface area contributed by atoms with Crippen LogP contribution in [0.25, 0.3) is 0 Å². The van der Waals surface area contributed by atoms with Gasteiger partial charge in [-0.15, -0.1) is 0 Å². The molecule has 0 saturated carbocycles. The van der Waals surface area contributed by atoms with E-state index in [9.17, 15) is 8.78 Å². The second-order valence-corrected chi connectivity index (χ2v) is 2.27. The Hall–Kier alpha value is -1.47. The van der Waals surface area contributed by atoms with E-state index in [1.807, 2.05) is 0 Å². The Labute approximate surface area is 68.2 Å². The Kier molecular flexibility index (Phi) is 2.36. The molecule has 0 aromatic heterocycles. The van der Waals surface area contributed by atoms with Gasteiger partial charge in [-0.25, -0.2) is 8.78 Å². The third-order valence-electron chi connectivity index (χ3n) is 1.43. The van der Waals surface area contributed by atoms with Gasteiger partial charge in [-0.05, 0) is 18.2 Å². The van der Waals surface area contributed by atoms with E-state index in [0.29, 0.717) is 0 Å². The van der Waals surface area contributed by atoms with Gasteiger partial charge >= 0.3 is 0 Å². The van der Waals surface area contributed by atoms with Crippen LogP contribution in [0.3, 0.4) is 0 Å². The van der Waals surface area contributed by atoms with Gasteiger partial charge in [-0.2, -0.15) is 5.26 Å². The van der Waals surface area contributed by atoms with Crippen LogP contribution in [0.15, 0.2) is 18.2 Å². The smallest absolute Gasteiger partial charge is 0.129 e. The lowest BCUT2D eigenvalue weighted by molar-refractivity contribution is 0.580. The molecule has 0 aliphatic heterocycles. The monoisotopic (exact) mass is 168 g/mol. The highest BCUT2D eigenvalue weighted by Gasteiger charge is 2.10. The Balaban J connectivity index is 3.15. The maximum absolute atomic E-state index is 12.8. The van der Waals surface area contributed by atoms with Gasteiger partial charge in [0.2, 0.25) is 0 Å². The van der Waals surface area contributed by atoms with Crippen molar-refractivity contribution in [3.63, 3.8) is 0 Å². The van der Waals surface area contributed by atoms with Crippen LogP contribution >= 0.6 is 0 Å². The number of hydrogen-bond donors (Lipinski definition) is 1. The molecule has 1 unspecified atom stereocenters. The molecule has 0 aliphatic rings. The molecule has 12 heavy (non-hydrogen) atoms. The summed E-state index contributed by atoms with van der Waals surface area (Å²) < 4.78 is 25.3. The minimum Gasteiger partial charge on any atom is -0.312 e. The summed E-state index contributed by atoms with van der Waals surface area (Å²) in [6.45, 7) is 0. The topological polar surface area (TPSA) is 49.8 Å². The first-order valence-corrected chi connectivity index (χ1v) is 3.25. The Morgan fingerprint density at radius 2 is 2.08 bits per heavy atom. The summed E-state index contributed by atoms with van der Waals surface area (Å²) in [6, 6.07) is 3.35. The first kappa shape index (κ1) is 8.62. The molecule has 0 fully saturated rings. The van der Waals surface area contributed by atoms with Crippen molar-refractivity contribution in [2.75, 3.05) is 0 Å². The summed E-state index contributed by atoms with van der Waals surface area (Å²) in [5.74, 6) is -1.26. The molecule has 0 bridgehead atoms. The average Bonchev–Trinajstić information content (AvgIpc) is 2.08. The fraction of sp³-hybridized carbons (Fsp3) is 0.125. The van der Waals surface area contributed by atoms with Crippen LogP contribution in [0, 0.1) is 23.0 Å². The molecular formula is C8H6F2N2. The summed E-state index contributed by atoms with van der Waals surface area (Å²) in [4.78, 5) is 0. The van der Waals surface area contributed by atoms with Gasteiger partial charge in [-0.3, -0.25) is 0 Å². The number of benzene rings is 1. The van der Waals surface area contributed by atoms with E-state index in [-0.39, 0.29) is 5.56 Å². The lowest BCUT2D eigenvalue weighted by Crippen LogP contribution is -2.09. The molecule has 0 saturated heterocycles. The van der Waals surface area contributed by atoms with E-state index in [1.54, 1.807) is 6.07 Å². The van der Waals surface area contributed by atoms with Gasteiger partial charge in [0.05, 0.1) is 6.07 Å². The molecular weight excluding hydrogens is 162 g/mol. The van der Waals surface area contributed by atoms with E-state index in [1.165, 1.54) is 0 Å². The van der Waals surface area contributed by atoms with Crippen molar-refractivity contribution >= 4 is 0 Å². The van der Waals surface area contributed by atoms with Gasteiger partial charge in [0.25, 0.3) is 0 Å². The van der Waals surface area contributed by atoms with Gasteiger partial charge in [0.1, 0.15) is 17.7 Å². The normalized spacial score (nSPS) is 12.2. The van der Waals surface area contributed by atoms with Crippen LogP contribution < -0.4 is 5.73 Å². The summed E-state index contributed by atoms with van der Waals surface area (Å²) >= 11 is 0. The second-order valence-electron chi connectivity index (χ2n) is 2.27. The van der Waals surface area contributed by atoms with Gasteiger partial charge in [0, 0.05) is 5.56 Å². The zero-order valence-corrected chi connectivity index (χ0v) is 6.09. The molecule has 2 nitrogen and oxygen atoms in total. The quantitative estimate of drug-likeness (QED) is 0.690. The predicted molar refractivity (Wildman–Crippen MR) is 38.9 cm³/mol. The fourth-order valence-electron chi connectivity index (χ4n) is 0.822. The molecule has 1 aromatic rings. The molecule has 1 rings (SSSR count). The Morgan fingerprint density at radius 3 is 2.67 bits per heavy atom. The summed E-state index contributed by atoms with van der Waals surface area (Å²) in [5.41, 5.74) is 5.08. The molecule has 0 amide bonds. The summed E-state index contributed by atoms with van der Waals surface area (Å²) in [7, 11) is 0. The molecule has 1 atom stereocenters. The molecule has 62 valence electrons. The maximum Gasteiger partial charge on any atom is 0.129 e. The van der Waals surface area contributed by atoms with Crippen molar-refractivity contribution in [1.29, 1.82) is 5.26 Å². The Bertz CT molecular complexity index is 330. The number of nitriles is 1. The van der Waals surface area contributed by atoms with Crippen molar-refractivity contribution in [3.05, 3.63) is 35.4 Å². The fourth-order valence-corrected chi connectivity index (χ4v) is 0.822. The predicted octanol–water partition coefficient (Wildman–Crippen LogP) is 1.49. The van der Waals surface area contributed by atoms with E-state index >= 15 is 0 Å². The van der Waals surface area contributed by atoms with E-state index in [2.05, 4.69) is 0 Å². The van der Waals surface area contributed by atoms with E-state index in [0.717, 1.165) is 18.2 Å². The first-order valence-electron chi connectivity index (χ1n) is 3.25. The highest BCUT2D eigenvalue weighted by atomic mass is 19.1. The molecule has 0 heterocycles. The minimum atomic E-state index is -1.11. The van der Waals surface area contributed by atoms with Crippen molar-refractivity contribution in [3.8, 4) is 6.07 Å². The summed E-state index contributed by atoms with van der Waals surface area (Å²) in [5, 5.41) is 8.34. The van der Waals surface area contributed by atoms with Crippen LogP contribution in [-0.4, -0.2) is 0 Å². The van der Waals surface area contributed by atoms with Crippen LogP contribution in [0.2, 0.25) is 0 Å². The highest BCUT2D eigenvalue weighted by molar-refractivity contribution is 5.25. The largest absolute Gasteiger partial charge is 0.312 e. The maximum atomic E-state index is 12.8. The number of rotatable bonds is 1. The van der Waals surface area contributed by atoms with Crippen LogP contribution in [0.4, 0.5) is 8.78 Å². The van der Waals surface area contributed by atoms with E-state index < -0.39 is 17.7 Å². The molecule has 1 aromatic carbocycles. The van der Waals surface area contributed by atoms with Gasteiger partial charge in [-0.1, -0.05) is 0 Å². The van der Waals surface area contributed by atoms with Crippen molar-refractivity contribution in [2.45, 2.75) is 6.04 Å². The third kappa shape index (κ3) is 1.57. The van der Waals surface area contributed by atoms with Crippen LogP contribution in [-0.2, 0) is 0 Å². The Morgan fingerprint density at radius 1 is 1.42 bits per heavy atom. The average molecular weight is 168 g/mol. The lowest BCUT2D eigenvalue weighted by Gasteiger charge is -2.03. The first-order chi connectivity index (χ1) is 5.65. The zero-order valence-electron chi connectivity index (χ0n) is 6.09. The number of nitrogens with two attached hydrogens (primary N) is 1. The van der Waals surface area contributed by atoms with Gasteiger partial charge in [0.15, 0.2) is 0 Å². The highest BCUT2D eigenvalue weighted by Crippen LogP contribution is 2.15. The lowest BCUT2D eigenvalue weighted by atomic mass is 10.1. The SMILES string of the molecule is N#CC(N)c1cc(F)ccc1F. The van der Waals surface area contributed by atoms with Crippen LogP contribution in [0.5, 0.6) is 0 Å². The van der Waals surface area contributed by atoms with Crippen molar-refractivity contribution in [2.24, 2.45) is 5.73 Å². The minimum absolute atomic E-state index is 0.113. The molecule has 4 heteroatoms. The molecule has 0 aliphatic carbocycles. The standard InChI is InChI=1S/C8H6F2N2/c9-5-1-2-7(10)6(3-5)8(12)4-11/h1-3,8H,12H2. The van der Waals surface area contributed by atoms with Crippen molar-refractivity contribution in [1.82, 2.24) is 0 Å². The molecule has 0 radical (unpaired) electrons. The third-order valence-corrected chi connectivity index (χ3v) is 1.43. The van der Waals surface area contributed by atoms with E-state index in [4.69, 9.17) is 11.0 Å². The molecule has 2 N–H and O–H groups in total. The number of nitrogens with zero attached hydrogens (tertiary/aromatic N) is 1. The zero-order chi connectivity index (χ0) is 9.14. The van der Waals surface area contributed by atoms with Gasteiger partial charge < -0.3 is 5.73 Å². The van der Waals surface area contributed by atoms with Crippen LogP contribution in [0.1, 0.15) is 11.6 Å².